The van der Waals surface area contributed by atoms with E-state index in [1.54, 1.807) is 0 Å². The summed E-state index contributed by atoms with van der Waals surface area (Å²) in [6, 6.07) is 4.39. The van der Waals surface area contributed by atoms with Gasteiger partial charge >= 0.3 is 5.97 Å². The average Bonchev–Trinajstić information content (AvgIpc) is 3.09. The van der Waals surface area contributed by atoms with Crippen LogP contribution in [0.1, 0.15) is 100 Å². The van der Waals surface area contributed by atoms with Crippen molar-refractivity contribution in [3.63, 3.8) is 0 Å². The van der Waals surface area contributed by atoms with Crippen molar-refractivity contribution >= 4 is 5.97 Å². The lowest BCUT2D eigenvalue weighted by molar-refractivity contribution is -0.160. The molecule has 2 aromatic rings. The Hall–Kier alpha value is -2.17. The second-order valence-corrected chi connectivity index (χ2v) is 9.50. The van der Waals surface area contributed by atoms with Crippen LogP contribution >= 0.6 is 0 Å². The van der Waals surface area contributed by atoms with Gasteiger partial charge in [-0.2, -0.15) is 5.10 Å². The summed E-state index contributed by atoms with van der Waals surface area (Å²) in [6.07, 6.45) is 5.80. The Balaban J connectivity index is 0.00000132. The Labute approximate surface area is 187 Å². The molecule has 3 aliphatic rings. The Morgan fingerprint density at radius 1 is 1.00 bits per heavy atom. The molecular formula is C26H39N3O2. The van der Waals surface area contributed by atoms with Gasteiger partial charge in [0.25, 0.3) is 0 Å². The number of carbonyl (C=O) groups is 1. The average molecular weight is 426 g/mol. The van der Waals surface area contributed by atoms with Crippen molar-refractivity contribution in [1.29, 1.82) is 0 Å². The molecule has 2 heterocycles. The second kappa shape index (κ2) is 8.76. The molecule has 3 aliphatic carbocycles. The summed E-state index contributed by atoms with van der Waals surface area (Å²) >= 11 is 0. The first kappa shape index (κ1) is 23.5. The molecule has 0 amide bonds. The van der Waals surface area contributed by atoms with E-state index in [9.17, 15) is 4.79 Å². The van der Waals surface area contributed by atoms with E-state index in [0.29, 0.717) is 5.92 Å². The van der Waals surface area contributed by atoms with E-state index in [4.69, 9.17) is 14.8 Å². The third-order valence-corrected chi connectivity index (χ3v) is 7.62. The minimum absolute atomic E-state index is 0.0178. The van der Waals surface area contributed by atoms with Crippen molar-refractivity contribution < 1.29 is 9.53 Å². The summed E-state index contributed by atoms with van der Waals surface area (Å²) in [6.45, 7) is 14.8. The number of carbonyl (C=O) groups excluding carboxylic acids is 1. The first-order valence-electron chi connectivity index (χ1n) is 11.9. The van der Waals surface area contributed by atoms with E-state index < -0.39 is 0 Å². The van der Waals surface area contributed by atoms with Gasteiger partial charge in [-0.25, -0.2) is 4.68 Å². The Morgan fingerprint density at radius 2 is 1.58 bits per heavy atom. The molecule has 0 unspecified atom stereocenters. The standard InChI is InChI=1S/C24H33N3O2.C2H6/c1-15(2)21-17(4)26-27(18(21)5)19-7-8-20(25-16(19)3)23-9-12-24(13-10-23,14-11-23)22(28)29-6;1-2/h7-8,15H,9-14H2,1-6H3;1-2H3. The normalized spacial score (nSPS) is 24.7. The molecule has 170 valence electrons. The fourth-order valence-electron chi connectivity index (χ4n) is 5.89. The smallest absolute Gasteiger partial charge is 0.311 e. The van der Waals surface area contributed by atoms with Crippen LogP contribution in [0.3, 0.4) is 0 Å². The zero-order valence-electron chi connectivity index (χ0n) is 20.6. The fraction of sp³-hybridized carbons (Fsp3) is 0.654. The maximum absolute atomic E-state index is 12.3. The van der Waals surface area contributed by atoms with Crippen LogP contribution in [0.2, 0.25) is 0 Å². The number of hydrogen-bond acceptors (Lipinski definition) is 4. The van der Waals surface area contributed by atoms with Crippen molar-refractivity contribution in [3.05, 3.63) is 40.5 Å². The minimum atomic E-state index is -0.248. The molecule has 31 heavy (non-hydrogen) atoms. The summed E-state index contributed by atoms with van der Waals surface area (Å²) in [5.41, 5.74) is 6.75. The number of aromatic nitrogens is 3. The van der Waals surface area contributed by atoms with Crippen LogP contribution < -0.4 is 0 Å². The first-order chi connectivity index (χ1) is 14.7. The second-order valence-electron chi connectivity index (χ2n) is 9.50. The van der Waals surface area contributed by atoms with Gasteiger partial charge in [0.05, 0.1) is 29.6 Å². The van der Waals surface area contributed by atoms with Gasteiger partial charge in [0, 0.05) is 16.8 Å². The van der Waals surface area contributed by atoms with Crippen LogP contribution in [0.5, 0.6) is 0 Å². The number of methoxy groups -OCH3 is 1. The molecule has 5 rings (SSSR count). The molecule has 2 bridgehead atoms. The van der Waals surface area contributed by atoms with E-state index >= 15 is 0 Å². The summed E-state index contributed by atoms with van der Waals surface area (Å²) in [5, 5.41) is 4.81. The lowest BCUT2D eigenvalue weighted by Gasteiger charge is -2.51. The number of ether oxygens (including phenoxy) is 1. The van der Waals surface area contributed by atoms with Crippen LogP contribution in [0.25, 0.3) is 5.69 Å². The predicted octanol–water partition coefficient (Wildman–Crippen LogP) is 6.11. The van der Waals surface area contributed by atoms with Gasteiger partial charge in [0.2, 0.25) is 0 Å². The number of nitrogens with zero attached hydrogens (tertiary/aromatic N) is 3. The number of esters is 1. The maximum Gasteiger partial charge on any atom is 0.311 e. The van der Waals surface area contributed by atoms with E-state index in [2.05, 4.69) is 51.4 Å². The van der Waals surface area contributed by atoms with Crippen molar-refractivity contribution in [2.45, 2.75) is 98.3 Å². The van der Waals surface area contributed by atoms with Gasteiger partial charge in [-0.1, -0.05) is 27.7 Å². The largest absolute Gasteiger partial charge is 0.469 e. The van der Waals surface area contributed by atoms with Crippen LogP contribution in [-0.2, 0) is 14.9 Å². The molecule has 0 aliphatic heterocycles. The number of fused-ring (bicyclic) bond motifs is 3. The molecule has 5 nitrogen and oxygen atoms in total. The molecule has 2 aromatic heterocycles. The fourth-order valence-corrected chi connectivity index (χ4v) is 5.89. The minimum Gasteiger partial charge on any atom is -0.469 e. The molecule has 3 saturated carbocycles. The molecule has 3 fully saturated rings. The van der Waals surface area contributed by atoms with Crippen LogP contribution in [0.15, 0.2) is 12.1 Å². The van der Waals surface area contributed by atoms with Gasteiger partial charge in [0.15, 0.2) is 0 Å². The van der Waals surface area contributed by atoms with Crippen LogP contribution in [0, 0.1) is 26.2 Å². The Kier molecular flexibility index (Phi) is 6.64. The van der Waals surface area contributed by atoms with E-state index in [0.717, 1.165) is 55.6 Å². The summed E-state index contributed by atoms with van der Waals surface area (Å²) in [4.78, 5) is 17.4. The Bertz CT molecular complexity index is 933. The molecular weight excluding hydrogens is 386 g/mol. The number of aryl methyl sites for hydroxylation is 2. The van der Waals surface area contributed by atoms with Crippen molar-refractivity contribution in [2.24, 2.45) is 5.41 Å². The third-order valence-electron chi connectivity index (χ3n) is 7.62. The van der Waals surface area contributed by atoms with Gasteiger partial charge in [-0.05, 0) is 82.9 Å². The summed E-state index contributed by atoms with van der Waals surface area (Å²) in [5.74, 6) is 0.436. The topological polar surface area (TPSA) is 57.0 Å². The Morgan fingerprint density at radius 3 is 2.03 bits per heavy atom. The molecule has 5 heteroatoms. The van der Waals surface area contributed by atoms with E-state index in [-0.39, 0.29) is 16.8 Å². The SMILES string of the molecule is CC.COC(=O)C12CCC(c3ccc(-n4nc(C)c(C(C)C)c4C)c(C)n3)(CC1)CC2. The highest BCUT2D eigenvalue weighted by Crippen LogP contribution is 2.57. The van der Waals surface area contributed by atoms with Gasteiger partial charge < -0.3 is 4.74 Å². The van der Waals surface area contributed by atoms with Gasteiger partial charge in [-0.15, -0.1) is 0 Å². The highest BCUT2D eigenvalue weighted by atomic mass is 16.5. The molecule has 0 radical (unpaired) electrons. The maximum atomic E-state index is 12.3. The number of rotatable bonds is 4. The third kappa shape index (κ3) is 3.81. The molecule has 0 N–H and O–H groups in total. The first-order valence-corrected chi connectivity index (χ1v) is 11.9. The van der Waals surface area contributed by atoms with Crippen molar-refractivity contribution in [2.75, 3.05) is 7.11 Å². The van der Waals surface area contributed by atoms with Gasteiger partial charge in [-0.3, -0.25) is 9.78 Å². The van der Waals surface area contributed by atoms with E-state index in [1.165, 1.54) is 24.1 Å². The number of pyridine rings is 1. The van der Waals surface area contributed by atoms with Crippen LogP contribution in [-0.4, -0.2) is 27.8 Å². The highest BCUT2D eigenvalue weighted by molar-refractivity contribution is 5.77. The number of hydrogen-bond donors (Lipinski definition) is 0. The predicted molar refractivity (Wildman–Crippen MR) is 125 cm³/mol. The zero-order valence-corrected chi connectivity index (χ0v) is 20.6. The lowest BCUT2D eigenvalue weighted by Crippen LogP contribution is -2.48. The van der Waals surface area contributed by atoms with Crippen LogP contribution in [0.4, 0.5) is 0 Å². The van der Waals surface area contributed by atoms with Crippen molar-refractivity contribution in [1.82, 2.24) is 14.8 Å². The highest BCUT2D eigenvalue weighted by Gasteiger charge is 2.54. The van der Waals surface area contributed by atoms with E-state index in [1.807, 2.05) is 13.8 Å². The van der Waals surface area contributed by atoms with Crippen molar-refractivity contribution in [3.8, 4) is 5.69 Å². The monoisotopic (exact) mass is 425 g/mol. The molecule has 0 saturated heterocycles. The molecule has 0 aromatic carbocycles. The molecule has 0 spiro atoms. The zero-order chi connectivity index (χ0) is 23.0. The summed E-state index contributed by atoms with van der Waals surface area (Å²) < 4.78 is 7.16. The molecule has 0 atom stereocenters. The van der Waals surface area contributed by atoms with Gasteiger partial charge in [0.1, 0.15) is 0 Å². The quantitative estimate of drug-likeness (QED) is 0.555. The summed E-state index contributed by atoms with van der Waals surface area (Å²) in [7, 11) is 1.51. The lowest BCUT2D eigenvalue weighted by atomic mass is 9.52.